The Morgan fingerprint density at radius 2 is 2.17 bits per heavy atom. The topological polar surface area (TPSA) is 56.8 Å². The van der Waals surface area contributed by atoms with Crippen molar-refractivity contribution in [2.45, 2.75) is 25.0 Å². The molecule has 1 saturated heterocycles. The molecule has 0 bridgehead atoms. The first-order valence-electron chi connectivity index (χ1n) is 4.39. The van der Waals surface area contributed by atoms with E-state index >= 15 is 0 Å². The van der Waals surface area contributed by atoms with E-state index in [1.165, 1.54) is 12.8 Å². The van der Waals surface area contributed by atoms with Gasteiger partial charge in [-0.05, 0) is 12.8 Å². The molecule has 12 heavy (non-hydrogen) atoms. The third-order valence-corrected chi connectivity index (χ3v) is 2.02. The van der Waals surface area contributed by atoms with Crippen LogP contribution in [0.5, 0.6) is 0 Å². The third kappa shape index (κ3) is 1.95. The number of hydrogen-bond donors (Lipinski definition) is 1. The third-order valence-electron chi connectivity index (χ3n) is 2.02. The molecule has 1 saturated carbocycles. The zero-order valence-electron chi connectivity index (χ0n) is 7.03. The average molecular weight is 170 g/mol. The molecule has 1 aliphatic heterocycles. The van der Waals surface area contributed by atoms with Gasteiger partial charge in [0.25, 0.3) is 0 Å². The number of aliphatic imine (C=N–C) groups is 1. The van der Waals surface area contributed by atoms with Gasteiger partial charge in [-0.2, -0.15) is 0 Å². The van der Waals surface area contributed by atoms with E-state index in [1.807, 2.05) is 0 Å². The zero-order chi connectivity index (χ0) is 8.39. The van der Waals surface area contributed by atoms with E-state index < -0.39 is 0 Å². The molecule has 1 aliphatic carbocycles. The number of amidine groups is 1. The van der Waals surface area contributed by atoms with Gasteiger partial charge in [-0.15, -0.1) is 0 Å². The average Bonchev–Trinajstić information content (AvgIpc) is 2.90. The number of ether oxygens (including phenoxy) is 2. The molecule has 2 fully saturated rings. The van der Waals surface area contributed by atoms with Gasteiger partial charge in [-0.1, -0.05) is 0 Å². The fraction of sp³-hybridized carbons (Fsp3) is 0.875. The lowest BCUT2D eigenvalue weighted by Gasteiger charge is -2.22. The summed E-state index contributed by atoms with van der Waals surface area (Å²) in [5.41, 5.74) is 5.73. The second kappa shape index (κ2) is 3.41. The molecule has 0 radical (unpaired) electrons. The Bertz CT molecular complexity index is 183. The van der Waals surface area contributed by atoms with Crippen molar-refractivity contribution in [3.8, 4) is 0 Å². The van der Waals surface area contributed by atoms with Crippen molar-refractivity contribution >= 4 is 5.84 Å². The quantitative estimate of drug-likeness (QED) is 0.466. The molecule has 2 N–H and O–H groups in total. The summed E-state index contributed by atoms with van der Waals surface area (Å²) < 4.78 is 10.6. The van der Waals surface area contributed by atoms with Crippen LogP contribution >= 0.6 is 0 Å². The van der Waals surface area contributed by atoms with Crippen LogP contribution in [0, 0.1) is 0 Å². The van der Waals surface area contributed by atoms with Gasteiger partial charge in [0.15, 0.2) is 0 Å². The molecule has 0 spiro atoms. The molecule has 1 heterocycles. The van der Waals surface area contributed by atoms with Crippen molar-refractivity contribution in [3.63, 3.8) is 0 Å². The van der Waals surface area contributed by atoms with Crippen LogP contribution in [0.15, 0.2) is 4.99 Å². The minimum atomic E-state index is -0.0978. The summed E-state index contributed by atoms with van der Waals surface area (Å²) in [5, 5.41) is 0. The van der Waals surface area contributed by atoms with E-state index in [4.69, 9.17) is 15.2 Å². The summed E-state index contributed by atoms with van der Waals surface area (Å²) in [6.07, 6.45) is 2.25. The molecule has 2 rings (SSSR count). The minimum Gasteiger partial charge on any atom is -0.385 e. The van der Waals surface area contributed by atoms with Gasteiger partial charge >= 0.3 is 0 Å². The summed E-state index contributed by atoms with van der Waals surface area (Å²) in [6, 6.07) is 0.468. The van der Waals surface area contributed by atoms with Crippen molar-refractivity contribution in [2.24, 2.45) is 10.7 Å². The maximum Gasteiger partial charge on any atom is 0.137 e. The van der Waals surface area contributed by atoms with Gasteiger partial charge in [0.1, 0.15) is 11.9 Å². The van der Waals surface area contributed by atoms with Crippen LogP contribution in [0.3, 0.4) is 0 Å². The first-order chi connectivity index (χ1) is 5.86. The first kappa shape index (κ1) is 8.01. The van der Waals surface area contributed by atoms with E-state index in [2.05, 4.69) is 4.99 Å². The van der Waals surface area contributed by atoms with Crippen LogP contribution in [0.1, 0.15) is 12.8 Å². The van der Waals surface area contributed by atoms with Crippen LogP contribution in [-0.2, 0) is 9.47 Å². The summed E-state index contributed by atoms with van der Waals surface area (Å²) >= 11 is 0. The lowest BCUT2D eigenvalue weighted by molar-refractivity contribution is -0.0598. The number of rotatable bonds is 2. The normalized spacial score (nSPS) is 32.0. The highest BCUT2D eigenvalue weighted by molar-refractivity contribution is 5.85. The Morgan fingerprint density at radius 3 is 2.75 bits per heavy atom. The summed E-state index contributed by atoms with van der Waals surface area (Å²) in [4.78, 5) is 4.30. The van der Waals surface area contributed by atoms with Crippen molar-refractivity contribution < 1.29 is 9.47 Å². The molecule has 1 atom stereocenters. The highest BCUT2D eigenvalue weighted by atomic mass is 16.6. The van der Waals surface area contributed by atoms with Gasteiger partial charge in [-0.25, -0.2) is 0 Å². The number of hydrogen-bond acceptors (Lipinski definition) is 3. The summed E-state index contributed by atoms with van der Waals surface area (Å²) in [7, 11) is 0. The lowest BCUT2D eigenvalue weighted by Crippen LogP contribution is -2.40. The molecule has 0 aromatic heterocycles. The lowest BCUT2D eigenvalue weighted by atomic mass is 10.3. The molecule has 4 nitrogen and oxygen atoms in total. The smallest absolute Gasteiger partial charge is 0.137 e. The molecular formula is C8H14N2O2. The molecule has 1 unspecified atom stereocenters. The molecular weight excluding hydrogens is 156 g/mol. The Balaban J connectivity index is 1.87. The molecule has 68 valence electrons. The molecule has 0 amide bonds. The Morgan fingerprint density at radius 1 is 1.33 bits per heavy atom. The van der Waals surface area contributed by atoms with E-state index in [0.717, 1.165) is 0 Å². The fourth-order valence-electron chi connectivity index (χ4n) is 1.16. The Labute approximate surface area is 71.7 Å². The summed E-state index contributed by atoms with van der Waals surface area (Å²) in [5.74, 6) is 0.609. The van der Waals surface area contributed by atoms with Gasteiger partial charge in [0, 0.05) is 0 Å². The van der Waals surface area contributed by atoms with Crippen LogP contribution in [0.2, 0.25) is 0 Å². The molecule has 0 aromatic carbocycles. The standard InChI is InChI=1S/C8H14N2O2/c9-8(10-6-1-2-6)7-5-11-3-4-12-7/h6-7H,1-5H2,(H2,9,10). The van der Waals surface area contributed by atoms with Crippen molar-refractivity contribution in [1.82, 2.24) is 0 Å². The van der Waals surface area contributed by atoms with Crippen molar-refractivity contribution in [1.29, 1.82) is 0 Å². The van der Waals surface area contributed by atoms with Gasteiger partial charge < -0.3 is 15.2 Å². The zero-order valence-corrected chi connectivity index (χ0v) is 7.03. The van der Waals surface area contributed by atoms with Crippen LogP contribution < -0.4 is 5.73 Å². The predicted molar refractivity (Wildman–Crippen MR) is 45.2 cm³/mol. The second-order valence-electron chi connectivity index (χ2n) is 3.22. The monoisotopic (exact) mass is 170 g/mol. The first-order valence-corrected chi connectivity index (χ1v) is 4.39. The van der Waals surface area contributed by atoms with E-state index in [-0.39, 0.29) is 6.10 Å². The predicted octanol–water partition coefficient (Wildman–Crippen LogP) is -0.0786. The fourth-order valence-corrected chi connectivity index (χ4v) is 1.16. The maximum atomic E-state index is 5.73. The van der Waals surface area contributed by atoms with E-state index in [9.17, 15) is 0 Å². The van der Waals surface area contributed by atoms with Gasteiger partial charge in [0.05, 0.1) is 25.9 Å². The van der Waals surface area contributed by atoms with E-state index in [0.29, 0.717) is 31.7 Å². The van der Waals surface area contributed by atoms with Crippen LogP contribution in [0.4, 0.5) is 0 Å². The van der Waals surface area contributed by atoms with Crippen LogP contribution in [0.25, 0.3) is 0 Å². The van der Waals surface area contributed by atoms with Gasteiger partial charge in [-0.3, -0.25) is 4.99 Å². The van der Waals surface area contributed by atoms with Crippen LogP contribution in [-0.4, -0.2) is 37.8 Å². The van der Waals surface area contributed by atoms with E-state index in [1.54, 1.807) is 0 Å². The highest BCUT2D eigenvalue weighted by Gasteiger charge is 2.24. The second-order valence-corrected chi connectivity index (χ2v) is 3.22. The molecule has 2 aliphatic rings. The van der Waals surface area contributed by atoms with Gasteiger partial charge in [0.2, 0.25) is 0 Å². The SMILES string of the molecule is NC(=NC1CC1)C1COCCO1. The summed E-state index contributed by atoms with van der Waals surface area (Å²) in [6.45, 7) is 1.86. The highest BCUT2D eigenvalue weighted by Crippen LogP contribution is 2.23. The minimum absolute atomic E-state index is 0.0978. The van der Waals surface area contributed by atoms with Crippen molar-refractivity contribution in [2.75, 3.05) is 19.8 Å². The largest absolute Gasteiger partial charge is 0.385 e. The molecule has 4 heteroatoms. The number of nitrogens with zero attached hydrogens (tertiary/aromatic N) is 1. The molecule has 0 aromatic rings. The maximum absolute atomic E-state index is 5.73. The van der Waals surface area contributed by atoms with Crippen molar-refractivity contribution in [3.05, 3.63) is 0 Å². The number of nitrogens with two attached hydrogens (primary N) is 1. The Kier molecular flexibility index (Phi) is 2.28. The Hall–Kier alpha value is -0.610.